The zero-order chi connectivity index (χ0) is 8.97. The Kier molecular flexibility index (Phi) is 3.34. The molecule has 0 fully saturated rings. The second kappa shape index (κ2) is 4.30. The second-order valence-electron chi connectivity index (χ2n) is 2.24. The molecule has 0 saturated carbocycles. The summed E-state index contributed by atoms with van der Waals surface area (Å²) in [6.07, 6.45) is 1.27. The standard InChI is InChI=1S/C9H10O2S/c1-2-9(10)12(11)8-6-4-3-5-7-8/h2-7,9-10H,1H2. The van der Waals surface area contributed by atoms with Crippen molar-refractivity contribution in [1.29, 1.82) is 0 Å². The third kappa shape index (κ3) is 2.11. The van der Waals surface area contributed by atoms with E-state index in [0.717, 1.165) is 0 Å². The van der Waals surface area contributed by atoms with E-state index in [1.54, 1.807) is 24.3 Å². The van der Waals surface area contributed by atoms with Gasteiger partial charge in [0.2, 0.25) is 5.44 Å². The fourth-order valence-corrected chi connectivity index (χ4v) is 1.66. The van der Waals surface area contributed by atoms with Crippen LogP contribution in [0.5, 0.6) is 0 Å². The molecule has 1 aromatic rings. The maximum atomic E-state index is 11.4. The number of benzene rings is 1. The molecular formula is C9H10O2S. The van der Waals surface area contributed by atoms with Crippen molar-refractivity contribution in [3.8, 4) is 0 Å². The van der Waals surface area contributed by atoms with Crippen LogP contribution >= 0.6 is 0 Å². The monoisotopic (exact) mass is 182 g/mol. The number of aliphatic hydroxyl groups excluding tert-OH is 1. The predicted molar refractivity (Wildman–Crippen MR) is 49.1 cm³/mol. The van der Waals surface area contributed by atoms with Crippen molar-refractivity contribution < 1.29 is 9.66 Å². The summed E-state index contributed by atoms with van der Waals surface area (Å²) in [5, 5.41) is 9.16. The molecule has 0 aliphatic rings. The third-order valence-electron chi connectivity index (χ3n) is 1.40. The number of hydrogen-bond acceptors (Lipinski definition) is 2. The van der Waals surface area contributed by atoms with E-state index in [4.69, 9.17) is 5.11 Å². The molecule has 0 saturated heterocycles. The molecule has 2 unspecified atom stereocenters. The highest BCUT2D eigenvalue weighted by atomic mass is 32.2. The van der Waals surface area contributed by atoms with Crippen LogP contribution < -0.4 is 0 Å². The molecule has 0 amide bonds. The summed E-state index contributed by atoms with van der Waals surface area (Å²) in [7, 11) is 0. The zero-order valence-corrected chi connectivity index (χ0v) is 7.33. The molecule has 0 radical (unpaired) electrons. The van der Waals surface area contributed by atoms with Crippen LogP contribution in [0.1, 0.15) is 0 Å². The summed E-state index contributed by atoms with van der Waals surface area (Å²) in [5.41, 5.74) is -0.979. The summed E-state index contributed by atoms with van der Waals surface area (Å²) >= 11 is -1.39. The summed E-state index contributed by atoms with van der Waals surface area (Å²) in [5.74, 6) is 0. The Bertz CT molecular complexity index is 248. The lowest BCUT2D eigenvalue weighted by molar-refractivity contribution is 0.294. The van der Waals surface area contributed by atoms with Crippen LogP contribution in [0.2, 0.25) is 0 Å². The molecule has 12 heavy (non-hydrogen) atoms. The quantitative estimate of drug-likeness (QED) is 0.565. The maximum Gasteiger partial charge on any atom is 0.237 e. The first-order valence-corrected chi connectivity index (χ1v) is 4.73. The molecule has 64 valence electrons. The maximum absolute atomic E-state index is 11.4. The van der Waals surface area contributed by atoms with Crippen molar-refractivity contribution in [2.45, 2.75) is 10.3 Å². The minimum absolute atomic E-state index is 0.616. The molecule has 1 N–H and O–H groups in total. The van der Waals surface area contributed by atoms with Crippen molar-refractivity contribution in [2.75, 3.05) is 0 Å². The Morgan fingerprint density at radius 1 is 1.42 bits per heavy atom. The Morgan fingerprint density at radius 3 is 2.50 bits per heavy atom. The van der Waals surface area contributed by atoms with Crippen LogP contribution in [0.25, 0.3) is 0 Å². The van der Waals surface area contributed by atoms with Crippen molar-refractivity contribution in [3.63, 3.8) is 0 Å². The molecule has 0 aromatic heterocycles. The van der Waals surface area contributed by atoms with Gasteiger partial charge in [-0.2, -0.15) is 0 Å². The van der Waals surface area contributed by atoms with Crippen LogP contribution in [0.4, 0.5) is 0 Å². The van der Waals surface area contributed by atoms with E-state index in [2.05, 4.69) is 6.58 Å². The molecule has 3 heteroatoms. The predicted octanol–water partition coefficient (Wildman–Crippen LogP) is 1.30. The van der Waals surface area contributed by atoms with Gasteiger partial charge < -0.3 is 9.66 Å². The van der Waals surface area contributed by atoms with Crippen LogP contribution in [0.15, 0.2) is 47.9 Å². The van der Waals surface area contributed by atoms with E-state index in [-0.39, 0.29) is 0 Å². The van der Waals surface area contributed by atoms with Gasteiger partial charge in [-0.1, -0.05) is 24.8 Å². The van der Waals surface area contributed by atoms with Crippen LogP contribution in [-0.2, 0) is 11.2 Å². The van der Waals surface area contributed by atoms with Crippen molar-refractivity contribution in [3.05, 3.63) is 43.0 Å². The third-order valence-corrected chi connectivity index (χ3v) is 2.76. The first-order chi connectivity index (χ1) is 5.75. The highest BCUT2D eigenvalue weighted by Crippen LogP contribution is 2.13. The van der Waals surface area contributed by atoms with Gasteiger partial charge in [0.1, 0.15) is 0 Å². The summed E-state index contributed by atoms with van der Waals surface area (Å²) in [6, 6.07) is 8.82. The zero-order valence-electron chi connectivity index (χ0n) is 6.51. The average molecular weight is 182 g/mol. The first-order valence-electron chi connectivity index (χ1n) is 3.52. The second-order valence-corrected chi connectivity index (χ2v) is 3.79. The van der Waals surface area contributed by atoms with Crippen molar-refractivity contribution in [1.82, 2.24) is 0 Å². The summed E-state index contributed by atoms with van der Waals surface area (Å²) < 4.78 is 11.4. The lowest BCUT2D eigenvalue weighted by atomic mass is 10.4. The minimum Gasteiger partial charge on any atom is -0.609 e. The van der Waals surface area contributed by atoms with Gasteiger partial charge in [0, 0.05) is 11.2 Å². The molecule has 1 rings (SSSR count). The van der Waals surface area contributed by atoms with E-state index in [0.29, 0.717) is 4.90 Å². The molecule has 0 bridgehead atoms. The Labute approximate surface area is 74.7 Å². The first kappa shape index (κ1) is 9.32. The number of rotatable bonds is 3. The Balaban J connectivity index is 2.78. The van der Waals surface area contributed by atoms with Crippen LogP contribution in [0, 0.1) is 0 Å². The van der Waals surface area contributed by atoms with Gasteiger partial charge in [0.25, 0.3) is 0 Å². The molecule has 2 nitrogen and oxygen atoms in total. The minimum atomic E-state index is -1.39. The van der Waals surface area contributed by atoms with E-state index >= 15 is 0 Å². The van der Waals surface area contributed by atoms with Gasteiger partial charge in [0.15, 0.2) is 4.90 Å². The van der Waals surface area contributed by atoms with E-state index in [1.807, 2.05) is 6.07 Å². The van der Waals surface area contributed by atoms with E-state index in [9.17, 15) is 4.55 Å². The summed E-state index contributed by atoms with van der Waals surface area (Å²) in [6.45, 7) is 3.36. The topological polar surface area (TPSA) is 43.3 Å². The fraction of sp³-hybridized carbons (Fsp3) is 0.111. The van der Waals surface area contributed by atoms with Gasteiger partial charge in [-0.25, -0.2) is 0 Å². The molecule has 2 atom stereocenters. The van der Waals surface area contributed by atoms with Gasteiger partial charge >= 0.3 is 0 Å². The van der Waals surface area contributed by atoms with E-state index in [1.165, 1.54) is 6.08 Å². The smallest absolute Gasteiger partial charge is 0.237 e. The summed E-state index contributed by atoms with van der Waals surface area (Å²) in [4.78, 5) is 0.616. The Hall–Kier alpha value is -0.770. The largest absolute Gasteiger partial charge is 0.609 e. The lowest BCUT2D eigenvalue weighted by Crippen LogP contribution is -2.17. The van der Waals surface area contributed by atoms with Crippen LogP contribution in [-0.4, -0.2) is 15.1 Å². The van der Waals surface area contributed by atoms with Gasteiger partial charge in [-0.15, -0.1) is 0 Å². The lowest BCUT2D eigenvalue weighted by Gasteiger charge is -2.12. The van der Waals surface area contributed by atoms with Crippen molar-refractivity contribution in [2.24, 2.45) is 0 Å². The van der Waals surface area contributed by atoms with Crippen LogP contribution in [0.3, 0.4) is 0 Å². The van der Waals surface area contributed by atoms with Crippen molar-refractivity contribution >= 4 is 11.2 Å². The Morgan fingerprint density at radius 2 is 2.00 bits per heavy atom. The SMILES string of the molecule is C=CC(O)[S+]([O-])c1ccccc1. The average Bonchev–Trinajstić information content (AvgIpc) is 2.17. The molecule has 0 aliphatic carbocycles. The molecule has 0 aliphatic heterocycles. The molecule has 0 spiro atoms. The number of hydrogen-bond donors (Lipinski definition) is 1. The fourth-order valence-electron chi connectivity index (χ4n) is 0.781. The molecule has 1 aromatic carbocycles. The highest BCUT2D eigenvalue weighted by molar-refractivity contribution is 7.92. The van der Waals surface area contributed by atoms with Gasteiger partial charge in [0.05, 0.1) is 0 Å². The highest BCUT2D eigenvalue weighted by Gasteiger charge is 2.17. The van der Waals surface area contributed by atoms with Gasteiger partial charge in [-0.3, -0.25) is 0 Å². The normalized spacial score (nSPS) is 15.2. The molecular weight excluding hydrogens is 172 g/mol. The molecule has 0 heterocycles. The van der Waals surface area contributed by atoms with E-state index < -0.39 is 16.6 Å². The van der Waals surface area contributed by atoms with Gasteiger partial charge in [-0.05, 0) is 18.2 Å². The number of aliphatic hydroxyl groups is 1.